The van der Waals surface area contributed by atoms with Crippen molar-refractivity contribution in [3.05, 3.63) is 90.2 Å². The zero-order valence-electron chi connectivity index (χ0n) is 27.0. The zero-order chi connectivity index (χ0) is 33.4. The molecular formula is C36H42N2O7Si. The van der Waals surface area contributed by atoms with E-state index in [9.17, 15) is 19.6 Å². The molecular weight excluding hydrogens is 600 g/mol. The van der Waals surface area contributed by atoms with E-state index in [0.717, 1.165) is 34.8 Å². The minimum absolute atomic E-state index is 0.0163. The van der Waals surface area contributed by atoms with Crippen LogP contribution in [-0.4, -0.2) is 56.6 Å². The van der Waals surface area contributed by atoms with Crippen LogP contribution < -0.4 is 0 Å². The van der Waals surface area contributed by atoms with Crippen molar-refractivity contribution in [2.24, 2.45) is 5.92 Å². The summed E-state index contributed by atoms with van der Waals surface area (Å²) in [5.41, 5.74) is 4.53. The van der Waals surface area contributed by atoms with E-state index < -0.39 is 38.5 Å². The second-order valence-corrected chi connectivity index (χ2v) is 16.3. The number of nitrogens with zero attached hydrogens (tertiary/aromatic N) is 2. The van der Waals surface area contributed by atoms with Gasteiger partial charge in [-0.05, 0) is 77.5 Å². The lowest BCUT2D eigenvalue weighted by Gasteiger charge is -2.45. The third kappa shape index (κ3) is 7.16. The molecule has 0 radical (unpaired) electrons. The Bertz CT molecular complexity index is 1550. The predicted molar refractivity (Wildman–Crippen MR) is 177 cm³/mol. The quantitative estimate of drug-likeness (QED) is 0.0871. The number of hydrogen-bond donors (Lipinski definition) is 0. The van der Waals surface area contributed by atoms with E-state index in [1.54, 1.807) is 19.1 Å². The highest BCUT2D eigenvalue weighted by atomic mass is 28.4. The number of hydrogen-bond acceptors (Lipinski definition) is 8. The summed E-state index contributed by atoms with van der Waals surface area (Å²) in [5, 5.41) is 9.93. The fraction of sp³-hybridized carbons (Fsp3) is 0.389. The second-order valence-electron chi connectivity index (χ2n) is 11.5. The summed E-state index contributed by atoms with van der Waals surface area (Å²) in [5.74, 6) is -1.70. The summed E-state index contributed by atoms with van der Waals surface area (Å²) in [6.07, 6.45) is 1.49. The van der Waals surface area contributed by atoms with Crippen molar-refractivity contribution in [1.82, 2.24) is 4.90 Å². The van der Waals surface area contributed by atoms with Crippen molar-refractivity contribution < 1.29 is 33.0 Å². The van der Waals surface area contributed by atoms with Gasteiger partial charge in [0.15, 0.2) is 8.32 Å². The number of esters is 1. The highest BCUT2D eigenvalue weighted by Crippen LogP contribution is 2.48. The monoisotopic (exact) mass is 642 g/mol. The number of nitriles is 1. The van der Waals surface area contributed by atoms with Gasteiger partial charge in [-0.25, -0.2) is 9.59 Å². The molecule has 0 N–H and O–H groups in total. The summed E-state index contributed by atoms with van der Waals surface area (Å²) in [7, 11) is -1.72. The van der Waals surface area contributed by atoms with Crippen LogP contribution in [0.3, 0.4) is 0 Å². The van der Waals surface area contributed by atoms with E-state index in [2.05, 4.69) is 40.0 Å². The van der Waals surface area contributed by atoms with Gasteiger partial charge < -0.3 is 23.5 Å². The molecule has 0 aliphatic carbocycles. The number of amides is 1. The lowest BCUT2D eigenvalue weighted by Crippen LogP contribution is -2.62. The van der Waals surface area contributed by atoms with Crippen LogP contribution in [0.4, 0.5) is 4.79 Å². The summed E-state index contributed by atoms with van der Waals surface area (Å²) in [6, 6.07) is 18.6. The highest BCUT2D eigenvalue weighted by molar-refractivity contribution is 6.73. The van der Waals surface area contributed by atoms with Gasteiger partial charge in [-0.1, -0.05) is 70.3 Å². The van der Waals surface area contributed by atoms with Gasteiger partial charge >= 0.3 is 12.1 Å². The number of rotatable bonds is 15. The molecule has 0 unspecified atom stereocenters. The molecule has 2 heterocycles. The van der Waals surface area contributed by atoms with Crippen molar-refractivity contribution in [1.29, 1.82) is 5.26 Å². The van der Waals surface area contributed by atoms with Crippen molar-refractivity contribution in [3.8, 4) is 17.2 Å². The average molecular weight is 643 g/mol. The molecule has 46 heavy (non-hydrogen) atoms. The number of carbonyl (C=O) groups excluding carboxylic acids is 3. The Kier molecular flexibility index (Phi) is 11.4. The van der Waals surface area contributed by atoms with Gasteiger partial charge in [0.25, 0.3) is 0 Å². The second kappa shape index (κ2) is 15.2. The fourth-order valence-corrected chi connectivity index (χ4v) is 8.80. The van der Waals surface area contributed by atoms with Crippen molar-refractivity contribution in [2.45, 2.75) is 71.0 Å². The Morgan fingerprint density at radius 3 is 2.24 bits per heavy atom. The zero-order valence-corrected chi connectivity index (χ0v) is 28.0. The van der Waals surface area contributed by atoms with Gasteiger partial charge in [-0.15, -0.1) is 0 Å². The SMILES string of the molecule is C=CCOC(=O)O[C@H](C)[C@H]1C(=O)N2C(C(=O)OCC=C)=C(c3cc(C#N)cc(-c4ccc(CO[Si](CC)(CC)CC)cc4)c3)C[C@H]12. The van der Waals surface area contributed by atoms with Crippen LogP contribution in [0.5, 0.6) is 0 Å². The molecule has 4 rings (SSSR count). The van der Waals surface area contributed by atoms with E-state index in [1.807, 2.05) is 30.3 Å². The summed E-state index contributed by atoms with van der Waals surface area (Å²) < 4.78 is 22.1. The van der Waals surface area contributed by atoms with E-state index in [0.29, 0.717) is 29.7 Å². The smallest absolute Gasteiger partial charge is 0.457 e. The van der Waals surface area contributed by atoms with Gasteiger partial charge in [0, 0.05) is 0 Å². The van der Waals surface area contributed by atoms with Gasteiger partial charge in [0.05, 0.1) is 30.2 Å². The van der Waals surface area contributed by atoms with Gasteiger partial charge in [-0.3, -0.25) is 4.79 Å². The first kappa shape index (κ1) is 34.4. The first-order chi connectivity index (χ1) is 22.1. The van der Waals surface area contributed by atoms with Gasteiger partial charge in [0.2, 0.25) is 5.91 Å². The molecule has 1 amide bonds. The number of β-lactam (4-membered cyclic amide) rings is 1. The molecule has 10 heteroatoms. The fourth-order valence-electron chi connectivity index (χ4n) is 6.21. The van der Waals surface area contributed by atoms with Crippen LogP contribution in [0, 0.1) is 17.2 Å². The highest BCUT2D eigenvalue weighted by Gasteiger charge is 2.58. The molecule has 2 aliphatic rings. The number of benzene rings is 2. The first-order valence-corrected chi connectivity index (χ1v) is 18.3. The molecule has 1 fully saturated rings. The van der Waals surface area contributed by atoms with Crippen LogP contribution in [0.2, 0.25) is 18.1 Å². The maximum atomic E-state index is 13.4. The molecule has 3 atom stereocenters. The van der Waals surface area contributed by atoms with Gasteiger partial charge in [0.1, 0.15) is 25.0 Å². The van der Waals surface area contributed by atoms with E-state index in [4.69, 9.17) is 18.6 Å². The Hall–Kier alpha value is -4.46. The minimum atomic E-state index is -1.72. The Labute approximate surface area is 272 Å². The van der Waals surface area contributed by atoms with Crippen molar-refractivity contribution in [3.63, 3.8) is 0 Å². The Balaban J connectivity index is 1.64. The largest absolute Gasteiger partial charge is 0.508 e. The Morgan fingerprint density at radius 2 is 1.63 bits per heavy atom. The minimum Gasteiger partial charge on any atom is -0.457 e. The molecule has 0 spiro atoms. The van der Waals surface area contributed by atoms with Crippen molar-refractivity contribution >= 4 is 31.9 Å². The maximum Gasteiger partial charge on any atom is 0.508 e. The molecule has 2 aromatic carbocycles. The summed E-state index contributed by atoms with van der Waals surface area (Å²) in [6.45, 7) is 15.9. The molecule has 0 bridgehead atoms. The number of ether oxygens (including phenoxy) is 3. The predicted octanol–water partition coefficient (Wildman–Crippen LogP) is 7.15. The summed E-state index contributed by atoms with van der Waals surface area (Å²) >= 11 is 0. The van der Waals surface area contributed by atoms with E-state index in [-0.39, 0.29) is 24.8 Å². The van der Waals surface area contributed by atoms with Crippen molar-refractivity contribution in [2.75, 3.05) is 13.2 Å². The van der Waals surface area contributed by atoms with E-state index in [1.165, 1.54) is 17.1 Å². The van der Waals surface area contributed by atoms with Crippen LogP contribution in [0.25, 0.3) is 16.7 Å². The molecule has 1 saturated heterocycles. The van der Waals surface area contributed by atoms with Gasteiger partial charge in [-0.2, -0.15) is 5.26 Å². The lowest BCUT2D eigenvalue weighted by atomic mass is 9.82. The van der Waals surface area contributed by atoms with Crippen LogP contribution in [-0.2, 0) is 34.8 Å². The molecule has 242 valence electrons. The summed E-state index contributed by atoms with van der Waals surface area (Å²) in [4.78, 5) is 40.2. The maximum absolute atomic E-state index is 13.4. The normalized spacial score (nSPS) is 17.8. The molecule has 2 aromatic rings. The third-order valence-electron chi connectivity index (χ3n) is 9.02. The average Bonchev–Trinajstić information content (AvgIpc) is 3.42. The molecule has 2 aliphatic heterocycles. The molecule has 0 saturated carbocycles. The van der Waals surface area contributed by atoms with E-state index >= 15 is 0 Å². The number of carbonyl (C=O) groups is 3. The van der Waals surface area contributed by atoms with Crippen LogP contribution >= 0.6 is 0 Å². The topological polar surface area (TPSA) is 115 Å². The molecule has 9 nitrogen and oxygen atoms in total. The lowest BCUT2D eigenvalue weighted by molar-refractivity contribution is -0.162. The number of fused-ring (bicyclic) bond motifs is 1. The van der Waals surface area contributed by atoms with Crippen LogP contribution in [0.15, 0.2) is 73.5 Å². The standard InChI is InChI=1S/C36H42N2O7Si/c1-7-16-42-35(40)33-30(21-31-32(34(39)38(31)33)24(6)45-36(41)43-17-8-2)29-19-26(22-37)18-28(20-29)27-14-12-25(13-15-27)23-44-46(9-3,10-4)11-5/h7-8,12-15,18-20,24,31-32H,1-2,9-11,16-17,21,23H2,3-6H3/t24-,31-,32-/m1/s1. The van der Waals surface area contributed by atoms with Crippen LogP contribution in [0.1, 0.15) is 50.8 Å². The first-order valence-electron chi connectivity index (χ1n) is 15.7. The Morgan fingerprint density at radius 1 is 1.00 bits per heavy atom. The third-order valence-corrected chi connectivity index (χ3v) is 13.6. The molecule has 0 aromatic heterocycles.